The molecule has 0 unspecified atom stereocenters. The summed E-state index contributed by atoms with van der Waals surface area (Å²) in [5.74, 6) is -0.495. The molecule has 0 aliphatic carbocycles. The molecule has 2 aromatic rings. The molecule has 1 N–H and O–H groups in total. The van der Waals surface area contributed by atoms with E-state index in [1.165, 1.54) is 7.11 Å². The summed E-state index contributed by atoms with van der Waals surface area (Å²) in [7, 11) is 1.40. The number of nitrogens with zero attached hydrogens (tertiary/aromatic N) is 2. The van der Waals surface area contributed by atoms with Crippen molar-refractivity contribution in [3.8, 4) is 0 Å². The molecule has 2 aliphatic heterocycles. The second-order valence-electron chi connectivity index (χ2n) is 8.18. The van der Waals surface area contributed by atoms with Gasteiger partial charge in [0.15, 0.2) is 0 Å². The van der Waals surface area contributed by atoms with Crippen LogP contribution in [0.25, 0.3) is 10.9 Å². The molecule has 3 atom stereocenters. The van der Waals surface area contributed by atoms with Crippen molar-refractivity contribution in [3.63, 3.8) is 0 Å². The van der Waals surface area contributed by atoms with E-state index in [2.05, 4.69) is 4.98 Å². The first-order valence-electron chi connectivity index (χ1n) is 10.1. The third kappa shape index (κ3) is 3.55. The Kier molecular flexibility index (Phi) is 5.17. The summed E-state index contributed by atoms with van der Waals surface area (Å²) < 4.78 is 4.96. The summed E-state index contributed by atoms with van der Waals surface area (Å²) in [6, 6.07) is 7.76. The van der Waals surface area contributed by atoms with Crippen molar-refractivity contribution >= 4 is 22.8 Å². The Hall–Kier alpha value is -2.67. The number of rotatable bonds is 4. The van der Waals surface area contributed by atoms with Crippen LogP contribution in [0.2, 0.25) is 0 Å². The van der Waals surface area contributed by atoms with Gasteiger partial charge < -0.3 is 14.6 Å². The van der Waals surface area contributed by atoms with Crippen LogP contribution in [0.15, 0.2) is 29.1 Å². The lowest BCUT2D eigenvalue weighted by molar-refractivity contribution is -0.147. The SMILES string of the molecule is CC[C@H]1[C@@H](C(=O)OC)C[C@H]2CN(Cc3cc4ccc(C)cc4[nH]c3=O)CC(=O)N21. The summed E-state index contributed by atoms with van der Waals surface area (Å²) >= 11 is 0. The van der Waals surface area contributed by atoms with Gasteiger partial charge in [-0.3, -0.25) is 19.3 Å². The number of hydrogen-bond donors (Lipinski definition) is 1. The quantitative estimate of drug-likeness (QED) is 0.796. The van der Waals surface area contributed by atoms with Gasteiger partial charge in [0.2, 0.25) is 5.91 Å². The van der Waals surface area contributed by atoms with Crippen molar-refractivity contribution in [1.29, 1.82) is 0 Å². The molecule has 0 bridgehead atoms. The van der Waals surface area contributed by atoms with E-state index >= 15 is 0 Å². The van der Waals surface area contributed by atoms with Gasteiger partial charge in [-0.25, -0.2) is 0 Å². The van der Waals surface area contributed by atoms with Crippen LogP contribution in [-0.2, 0) is 20.9 Å². The fraction of sp³-hybridized carbons (Fsp3) is 0.500. The lowest BCUT2D eigenvalue weighted by Gasteiger charge is -2.39. The molecule has 2 fully saturated rings. The molecule has 1 aromatic heterocycles. The standard InChI is InChI=1S/C22H27N3O4/c1-4-19-17(22(28)29-3)9-16-11-24(12-20(26)25(16)19)10-15-8-14-6-5-13(2)7-18(14)23-21(15)27/h5-8,16-17,19H,4,9-12H2,1-3H3,(H,23,27)/t16-,17-,19-/m0/s1. The van der Waals surface area contributed by atoms with E-state index in [1.54, 1.807) is 0 Å². The predicted octanol–water partition coefficient (Wildman–Crippen LogP) is 1.82. The number of benzene rings is 1. The third-order valence-electron chi connectivity index (χ3n) is 6.25. The number of aromatic nitrogens is 1. The maximum atomic E-state index is 12.9. The van der Waals surface area contributed by atoms with Crippen LogP contribution < -0.4 is 5.56 Å². The number of H-pyrrole nitrogens is 1. The van der Waals surface area contributed by atoms with Crippen molar-refractivity contribution in [2.45, 2.75) is 45.3 Å². The minimum Gasteiger partial charge on any atom is -0.469 e. The Balaban J connectivity index is 1.55. The number of carbonyl (C=O) groups excluding carboxylic acids is 2. The first-order chi connectivity index (χ1) is 13.9. The van der Waals surface area contributed by atoms with Crippen LogP contribution in [0.1, 0.15) is 30.9 Å². The lowest BCUT2D eigenvalue weighted by Crippen LogP contribution is -2.56. The van der Waals surface area contributed by atoms with Crippen LogP contribution in [0.5, 0.6) is 0 Å². The van der Waals surface area contributed by atoms with Gasteiger partial charge in [0.05, 0.1) is 19.6 Å². The zero-order valence-electron chi connectivity index (χ0n) is 17.1. The Morgan fingerprint density at radius 1 is 1.28 bits per heavy atom. The highest BCUT2D eigenvalue weighted by Gasteiger charge is 2.49. The summed E-state index contributed by atoms with van der Waals surface area (Å²) in [6.07, 6.45) is 1.34. The molecule has 0 spiro atoms. The van der Waals surface area contributed by atoms with E-state index in [-0.39, 0.29) is 42.0 Å². The number of carbonyl (C=O) groups is 2. The van der Waals surface area contributed by atoms with E-state index < -0.39 is 0 Å². The van der Waals surface area contributed by atoms with Crippen molar-refractivity contribution in [1.82, 2.24) is 14.8 Å². The van der Waals surface area contributed by atoms with E-state index in [0.29, 0.717) is 25.1 Å². The molecule has 3 heterocycles. The van der Waals surface area contributed by atoms with Crippen LogP contribution in [0.4, 0.5) is 0 Å². The number of amides is 1. The van der Waals surface area contributed by atoms with Crippen LogP contribution >= 0.6 is 0 Å². The Bertz CT molecular complexity index is 1010. The first-order valence-corrected chi connectivity index (χ1v) is 10.1. The largest absolute Gasteiger partial charge is 0.469 e. The number of aromatic amines is 1. The Morgan fingerprint density at radius 2 is 2.07 bits per heavy atom. The highest BCUT2D eigenvalue weighted by atomic mass is 16.5. The highest BCUT2D eigenvalue weighted by molar-refractivity contribution is 5.83. The number of methoxy groups -OCH3 is 1. The fourth-order valence-electron chi connectivity index (χ4n) is 4.94. The van der Waals surface area contributed by atoms with Crippen molar-refractivity contribution in [2.24, 2.45) is 5.92 Å². The zero-order chi connectivity index (χ0) is 20.7. The molecular formula is C22H27N3O4. The van der Waals surface area contributed by atoms with Crippen LogP contribution in [0.3, 0.4) is 0 Å². The fourth-order valence-corrected chi connectivity index (χ4v) is 4.94. The molecule has 2 saturated heterocycles. The topological polar surface area (TPSA) is 82.7 Å². The average Bonchev–Trinajstić information content (AvgIpc) is 3.07. The molecule has 1 aromatic carbocycles. The molecule has 0 saturated carbocycles. The average molecular weight is 397 g/mol. The third-order valence-corrected chi connectivity index (χ3v) is 6.25. The molecule has 1 amide bonds. The van der Waals surface area contributed by atoms with E-state index in [9.17, 15) is 14.4 Å². The molecule has 2 aliphatic rings. The maximum Gasteiger partial charge on any atom is 0.310 e. The number of fused-ring (bicyclic) bond motifs is 2. The number of esters is 1. The normalized spacial score (nSPS) is 24.7. The number of ether oxygens (including phenoxy) is 1. The Morgan fingerprint density at radius 3 is 2.79 bits per heavy atom. The number of aryl methyl sites for hydroxylation is 1. The summed E-state index contributed by atoms with van der Waals surface area (Å²) in [6.45, 7) is 5.31. The van der Waals surface area contributed by atoms with E-state index in [1.807, 2.05) is 47.9 Å². The van der Waals surface area contributed by atoms with Crippen LogP contribution in [-0.4, -0.2) is 58.9 Å². The minimum atomic E-state index is -0.272. The first kappa shape index (κ1) is 19.6. The van der Waals surface area contributed by atoms with Crippen molar-refractivity contribution < 1.29 is 14.3 Å². The minimum absolute atomic E-state index is 0.0207. The van der Waals surface area contributed by atoms with Gasteiger partial charge in [0, 0.05) is 36.3 Å². The van der Waals surface area contributed by atoms with Gasteiger partial charge in [-0.2, -0.15) is 0 Å². The van der Waals surface area contributed by atoms with E-state index in [0.717, 1.165) is 22.9 Å². The summed E-state index contributed by atoms with van der Waals surface area (Å²) in [5, 5.41) is 0.979. The van der Waals surface area contributed by atoms with Gasteiger partial charge in [-0.15, -0.1) is 0 Å². The number of piperazine rings is 1. The highest BCUT2D eigenvalue weighted by Crippen LogP contribution is 2.35. The number of nitrogens with one attached hydrogen (secondary N) is 1. The van der Waals surface area contributed by atoms with Crippen molar-refractivity contribution in [2.75, 3.05) is 20.2 Å². The van der Waals surface area contributed by atoms with Crippen molar-refractivity contribution in [3.05, 3.63) is 45.7 Å². The second-order valence-corrected chi connectivity index (χ2v) is 8.18. The lowest BCUT2D eigenvalue weighted by atomic mass is 9.97. The zero-order valence-corrected chi connectivity index (χ0v) is 17.1. The molecule has 0 radical (unpaired) electrons. The smallest absolute Gasteiger partial charge is 0.310 e. The second kappa shape index (κ2) is 7.63. The van der Waals surface area contributed by atoms with Gasteiger partial charge in [0.25, 0.3) is 5.56 Å². The van der Waals surface area contributed by atoms with Gasteiger partial charge in [0.1, 0.15) is 0 Å². The Labute approximate surface area is 169 Å². The van der Waals surface area contributed by atoms with Gasteiger partial charge in [-0.1, -0.05) is 19.1 Å². The van der Waals surface area contributed by atoms with Gasteiger partial charge in [-0.05, 0) is 42.8 Å². The summed E-state index contributed by atoms with van der Waals surface area (Å²) in [4.78, 5) is 44.5. The maximum absolute atomic E-state index is 12.9. The molecule has 7 nitrogen and oxygen atoms in total. The monoisotopic (exact) mass is 397 g/mol. The molecule has 154 valence electrons. The van der Waals surface area contributed by atoms with Gasteiger partial charge >= 0.3 is 5.97 Å². The molecule has 7 heteroatoms. The van der Waals surface area contributed by atoms with Crippen LogP contribution in [0, 0.1) is 12.8 Å². The molecular weight excluding hydrogens is 370 g/mol. The van der Waals surface area contributed by atoms with E-state index in [4.69, 9.17) is 4.74 Å². The number of hydrogen-bond acceptors (Lipinski definition) is 5. The molecule has 4 rings (SSSR count). The number of pyridine rings is 1. The predicted molar refractivity (Wildman–Crippen MR) is 109 cm³/mol. The summed E-state index contributed by atoms with van der Waals surface area (Å²) in [5.41, 5.74) is 2.44. The molecule has 29 heavy (non-hydrogen) atoms.